The van der Waals surface area contributed by atoms with Gasteiger partial charge in [-0.05, 0) is 57.2 Å². The smallest absolute Gasteiger partial charge is 0.191 e. The first-order chi connectivity index (χ1) is 14.1. The summed E-state index contributed by atoms with van der Waals surface area (Å²) in [5.74, 6) is 1.81. The van der Waals surface area contributed by atoms with Crippen molar-refractivity contribution in [1.82, 2.24) is 15.5 Å². The predicted octanol–water partition coefficient (Wildman–Crippen LogP) is 2.78. The minimum absolute atomic E-state index is 0.0587. The number of hydrogen-bond donors (Lipinski definition) is 2. The highest BCUT2D eigenvalue weighted by atomic mass is 16.5. The quantitative estimate of drug-likeness (QED) is 0.566. The Balaban J connectivity index is 1.60. The summed E-state index contributed by atoms with van der Waals surface area (Å²) in [6.07, 6.45) is 4.35. The number of piperidine rings is 1. The van der Waals surface area contributed by atoms with E-state index in [-0.39, 0.29) is 5.41 Å². The number of benzene rings is 1. The number of hydrogen-bond acceptors (Lipinski definition) is 4. The van der Waals surface area contributed by atoms with Crippen LogP contribution in [0.3, 0.4) is 0 Å². The first-order valence-electron chi connectivity index (χ1n) is 11.0. The van der Waals surface area contributed by atoms with Gasteiger partial charge in [-0.15, -0.1) is 0 Å². The topological polar surface area (TPSA) is 58.1 Å². The van der Waals surface area contributed by atoms with E-state index in [9.17, 15) is 0 Å². The van der Waals surface area contributed by atoms with Crippen LogP contribution >= 0.6 is 0 Å². The molecule has 0 saturated carbocycles. The highest BCUT2D eigenvalue weighted by molar-refractivity contribution is 5.80. The summed E-state index contributed by atoms with van der Waals surface area (Å²) in [7, 11) is 3.57. The average Bonchev–Trinajstić information content (AvgIpc) is 2.77. The largest absolute Gasteiger partial charge is 0.497 e. The minimum atomic E-state index is 0.0587. The van der Waals surface area contributed by atoms with Crippen LogP contribution in [0.1, 0.15) is 45.1 Å². The molecule has 29 heavy (non-hydrogen) atoms. The van der Waals surface area contributed by atoms with Gasteiger partial charge < -0.3 is 25.0 Å². The Morgan fingerprint density at radius 2 is 1.86 bits per heavy atom. The van der Waals surface area contributed by atoms with E-state index in [1.54, 1.807) is 7.11 Å². The van der Waals surface area contributed by atoms with Crippen molar-refractivity contribution in [2.75, 3.05) is 47.0 Å². The lowest BCUT2D eigenvalue weighted by Crippen LogP contribution is -2.52. The van der Waals surface area contributed by atoms with Crippen molar-refractivity contribution in [2.45, 2.75) is 57.0 Å². The highest BCUT2D eigenvalue weighted by Gasteiger charge is 2.35. The molecular weight excluding hydrogens is 364 g/mol. The van der Waals surface area contributed by atoms with E-state index >= 15 is 0 Å². The summed E-state index contributed by atoms with van der Waals surface area (Å²) in [6, 6.07) is 9.63. The lowest BCUT2D eigenvalue weighted by atomic mass is 9.74. The average molecular weight is 403 g/mol. The first kappa shape index (κ1) is 21.9. The first-order valence-corrected chi connectivity index (χ1v) is 11.0. The fourth-order valence-electron chi connectivity index (χ4n) is 4.48. The zero-order valence-corrected chi connectivity index (χ0v) is 18.5. The van der Waals surface area contributed by atoms with Gasteiger partial charge in [0.25, 0.3) is 0 Å². The molecule has 0 aliphatic carbocycles. The van der Waals surface area contributed by atoms with E-state index in [0.29, 0.717) is 12.1 Å². The Kier molecular flexibility index (Phi) is 7.78. The third kappa shape index (κ3) is 5.64. The zero-order valence-electron chi connectivity index (χ0n) is 18.5. The molecule has 162 valence electrons. The summed E-state index contributed by atoms with van der Waals surface area (Å²) in [5.41, 5.74) is 1.40. The molecular formula is C23H38N4O2. The SMILES string of the molecule is CN=C(NCC1(c2ccc(OC)cc2)CCOCC1)NC1CCN(C(C)C)CC1. The molecule has 1 aromatic carbocycles. The molecule has 0 unspecified atom stereocenters. The molecule has 2 fully saturated rings. The molecule has 0 radical (unpaired) electrons. The fraction of sp³-hybridized carbons (Fsp3) is 0.696. The monoisotopic (exact) mass is 402 g/mol. The molecule has 2 saturated heterocycles. The zero-order chi connectivity index (χ0) is 20.7. The Morgan fingerprint density at radius 3 is 2.41 bits per heavy atom. The molecule has 2 heterocycles. The van der Waals surface area contributed by atoms with E-state index < -0.39 is 0 Å². The van der Waals surface area contributed by atoms with Crippen LogP contribution in [-0.4, -0.2) is 69.9 Å². The van der Waals surface area contributed by atoms with Gasteiger partial charge in [-0.25, -0.2) is 0 Å². The number of guanidine groups is 1. The standard InChI is InChI=1S/C23H38N4O2/c1-18(2)27-13-9-20(10-14-27)26-22(24-3)25-17-23(11-15-29-16-12-23)19-5-7-21(28-4)8-6-19/h5-8,18,20H,9-17H2,1-4H3,(H2,24,25,26). The van der Waals surface area contributed by atoms with Gasteiger partial charge in [-0.3, -0.25) is 4.99 Å². The van der Waals surface area contributed by atoms with Gasteiger partial charge in [0.1, 0.15) is 5.75 Å². The van der Waals surface area contributed by atoms with E-state index in [4.69, 9.17) is 9.47 Å². The molecule has 6 heteroatoms. The van der Waals surface area contributed by atoms with E-state index in [1.165, 1.54) is 5.56 Å². The Morgan fingerprint density at radius 1 is 1.21 bits per heavy atom. The summed E-state index contributed by atoms with van der Waals surface area (Å²) in [5, 5.41) is 7.28. The molecule has 0 atom stereocenters. The third-order valence-electron chi connectivity index (χ3n) is 6.57. The molecule has 2 aliphatic heterocycles. The highest BCUT2D eigenvalue weighted by Crippen LogP contribution is 2.35. The molecule has 0 spiro atoms. The number of nitrogens with zero attached hydrogens (tertiary/aromatic N) is 2. The fourth-order valence-corrected chi connectivity index (χ4v) is 4.48. The van der Waals surface area contributed by atoms with Crippen LogP contribution in [0.15, 0.2) is 29.3 Å². The van der Waals surface area contributed by atoms with Gasteiger partial charge in [0.2, 0.25) is 0 Å². The van der Waals surface area contributed by atoms with Gasteiger partial charge in [0.05, 0.1) is 7.11 Å². The van der Waals surface area contributed by atoms with Crippen molar-refractivity contribution < 1.29 is 9.47 Å². The lowest BCUT2D eigenvalue weighted by Gasteiger charge is -2.39. The summed E-state index contributed by atoms with van der Waals surface area (Å²) >= 11 is 0. The van der Waals surface area contributed by atoms with Gasteiger partial charge in [-0.2, -0.15) is 0 Å². The van der Waals surface area contributed by atoms with E-state index in [2.05, 4.69) is 58.6 Å². The van der Waals surface area contributed by atoms with Crippen LogP contribution in [0.5, 0.6) is 5.75 Å². The van der Waals surface area contributed by atoms with Gasteiger partial charge >= 0.3 is 0 Å². The molecule has 3 rings (SSSR count). The van der Waals surface area contributed by atoms with Crippen LogP contribution in [-0.2, 0) is 10.2 Å². The number of likely N-dealkylation sites (tertiary alicyclic amines) is 1. The molecule has 1 aromatic rings. The number of nitrogens with one attached hydrogen (secondary N) is 2. The van der Waals surface area contributed by atoms with Crippen LogP contribution in [0.2, 0.25) is 0 Å². The maximum Gasteiger partial charge on any atom is 0.191 e. The second kappa shape index (κ2) is 10.3. The Labute approximate surface area is 176 Å². The number of aliphatic imine (C=N–C) groups is 1. The number of ether oxygens (including phenoxy) is 2. The van der Waals surface area contributed by atoms with E-state index in [1.807, 2.05) is 7.05 Å². The summed E-state index contributed by atoms with van der Waals surface area (Å²) in [4.78, 5) is 7.05. The van der Waals surface area contributed by atoms with Gasteiger partial charge in [0.15, 0.2) is 5.96 Å². The van der Waals surface area contributed by atoms with Crippen molar-refractivity contribution in [1.29, 1.82) is 0 Å². The van der Waals surface area contributed by atoms with Crippen molar-refractivity contribution >= 4 is 5.96 Å². The predicted molar refractivity (Wildman–Crippen MR) is 119 cm³/mol. The molecule has 0 amide bonds. The molecule has 0 aromatic heterocycles. The minimum Gasteiger partial charge on any atom is -0.497 e. The molecule has 6 nitrogen and oxygen atoms in total. The van der Waals surface area contributed by atoms with Crippen molar-refractivity contribution in [2.24, 2.45) is 4.99 Å². The maximum absolute atomic E-state index is 5.67. The van der Waals surface area contributed by atoms with Gasteiger partial charge in [0, 0.05) is 57.4 Å². The van der Waals surface area contributed by atoms with Crippen LogP contribution in [0, 0.1) is 0 Å². The lowest BCUT2D eigenvalue weighted by molar-refractivity contribution is 0.0513. The normalized spacial score (nSPS) is 21.2. The van der Waals surface area contributed by atoms with Crippen molar-refractivity contribution in [3.63, 3.8) is 0 Å². The van der Waals surface area contributed by atoms with E-state index in [0.717, 1.165) is 70.2 Å². The van der Waals surface area contributed by atoms with Crippen LogP contribution in [0.25, 0.3) is 0 Å². The Bertz CT molecular complexity index is 645. The maximum atomic E-state index is 5.67. The summed E-state index contributed by atoms with van der Waals surface area (Å²) in [6.45, 7) is 9.31. The Hall–Kier alpha value is -1.79. The van der Waals surface area contributed by atoms with Crippen molar-refractivity contribution in [3.8, 4) is 5.75 Å². The number of methoxy groups -OCH3 is 1. The molecule has 2 aliphatic rings. The summed E-state index contributed by atoms with van der Waals surface area (Å²) < 4.78 is 11.0. The van der Waals surface area contributed by atoms with Crippen molar-refractivity contribution in [3.05, 3.63) is 29.8 Å². The van der Waals surface area contributed by atoms with Crippen LogP contribution in [0.4, 0.5) is 0 Å². The van der Waals surface area contributed by atoms with Gasteiger partial charge in [-0.1, -0.05) is 12.1 Å². The second-order valence-electron chi connectivity index (χ2n) is 8.60. The molecule has 0 bridgehead atoms. The molecule has 2 N–H and O–H groups in total. The third-order valence-corrected chi connectivity index (χ3v) is 6.57. The van der Waals surface area contributed by atoms with Crippen LogP contribution < -0.4 is 15.4 Å². The number of rotatable bonds is 6. The second-order valence-corrected chi connectivity index (χ2v) is 8.60.